The van der Waals surface area contributed by atoms with Gasteiger partial charge in [0, 0.05) is 53.1 Å². The number of carbonyl (C=O) groups is 1. The Balaban J connectivity index is 1.45. The van der Waals surface area contributed by atoms with E-state index in [0.29, 0.717) is 0 Å². The second-order valence-corrected chi connectivity index (χ2v) is 9.03. The van der Waals surface area contributed by atoms with Gasteiger partial charge in [0.1, 0.15) is 5.82 Å². The van der Waals surface area contributed by atoms with Crippen molar-refractivity contribution in [3.63, 3.8) is 0 Å². The van der Waals surface area contributed by atoms with Crippen molar-refractivity contribution in [2.24, 2.45) is 0 Å². The fourth-order valence-electron chi connectivity index (χ4n) is 3.08. The summed E-state index contributed by atoms with van der Waals surface area (Å²) in [7, 11) is 2.09. The van der Waals surface area contributed by atoms with Crippen LogP contribution >= 0.6 is 23.1 Å². The van der Waals surface area contributed by atoms with Gasteiger partial charge in [-0.3, -0.25) is 4.79 Å². The van der Waals surface area contributed by atoms with E-state index in [2.05, 4.69) is 27.2 Å². The minimum atomic E-state index is 0.108. The summed E-state index contributed by atoms with van der Waals surface area (Å²) in [5.41, 5.74) is 1.73. The number of hydrogen-bond acceptors (Lipinski definition) is 7. The quantitative estimate of drug-likeness (QED) is 0.663. The molecule has 0 bridgehead atoms. The summed E-state index contributed by atoms with van der Waals surface area (Å²) >= 11 is 3.18. The third-order valence-electron chi connectivity index (χ3n) is 4.69. The van der Waals surface area contributed by atoms with E-state index in [1.54, 1.807) is 29.3 Å². The Morgan fingerprint density at radius 3 is 2.69 bits per heavy atom. The number of thiazole rings is 1. The first-order valence-electron chi connectivity index (χ1n) is 9.48. The van der Waals surface area contributed by atoms with Gasteiger partial charge in [-0.05, 0) is 44.3 Å². The average Bonchev–Trinajstić information content (AvgIpc) is 3.13. The van der Waals surface area contributed by atoms with Crippen LogP contribution in [0.25, 0.3) is 0 Å². The standard InChI is InChI=1S/C21H23N5OS2/c1-15-14-28-21(23-15)24-19-13-18(6-7-22-19)29-17-5-3-4-16(12-17)20(27)26-10-8-25(2)9-11-26/h3-7,12-14H,8-11H2,1-2H3,(H,22,23,24). The second-order valence-electron chi connectivity index (χ2n) is 7.02. The van der Waals surface area contributed by atoms with Gasteiger partial charge in [0.15, 0.2) is 5.13 Å². The number of hydrogen-bond donors (Lipinski definition) is 1. The van der Waals surface area contributed by atoms with E-state index in [1.165, 1.54) is 0 Å². The van der Waals surface area contributed by atoms with E-state index >= 15 is 0 Å². The number of pyridine rings is 1. The van der Waals surface area contributed by atoms with Crippen molar-refractivity contribution in [2.45, 2.75) is 16.7 Å². The van der Waals surface area contributed by atoms with Crippen LogP contribution in [-0.4, -0.2) is 58.9 Å². The first-order valence-corrected chi connectivity index (χ1v) is 11.2. The van der Waals surface area contributed by atoms with E-state index in [0.717, 1.165) is 58.2 Å². The van der Waals surface area contributed by atoms with E-state index in [-0.39, 0.29) is 5.91 Å². The normalized spacial score (nSPS) is 14.8. The van der Waals surface area contributed by atoms with Crippen LogP contribution in [-0.2, 0) is 0 Å². The predicted octanol–water partition coefficient (Wildman–Crippen LogP) is 4.13. The molecule has 3 aromatic rings. The summed E-state index contributed by atoms with van der Waals surface area (Å²) in [6.07, 6.45) is 1.78. The minimum absolute atomic E-state index is 0.108. The first kappa shape index (κ1) is 19.9. The third-order valence-corrected chi connectivity index (χ3v) is 6.55. The molecule has 3 heterocycles. The highest BCUT2D eigenvalue weighted by atomic mass is 32.2. The summed E-state index contributed by atoms with van der Waals surface area (Å²) in [6, 6.07) is 11.8. The molecule has 0 atom stereocenters. The third kappa shape index (κ3) is 5.14. The van der Waals surface area contributed by atoms with Crippen molar-refractivity contribution in [1.29, 1.82) is 0 Å². The predicted molar refractivity (Wildman–Crippen MR) is 118 cm³/mol. The zero-order valence-electron chi connectivity index (χ0n) is 16.5. The van der Waals surface area contributed by atoms with Crippen LogP contribution < -0.4 is 5.32 Å². The summed E-state index contributed by atoms with van der Waals surface area (Å²) in [5, 5.41) is 6.08. The smallest absolute Gasteiger partial charge is 0.253 e. The van der Waals surface area contributed by atoms with Crippen molar-refractivity contribution >= 4 is 40.0 Å². The molecule has 1 aliphatic heterocycles. The highest BCUT2D eigenvalue weighted by molar-refractivity contribution is 7.99. The maximum absolute atomic E-state index is 12.8. The molecule has 1 saturated heterocycles. The molecule has 8 heteroatoms. The van der Waals surface area contributed by atoms with Crippen LogP contribution in [0, 0.1) is 6.92 Å². The molecule has 1 aliphatic rings. The Hall–Kier alpha value is -2.42. The molecule has 1 fully saturated rings. The lowest BCUT2D eigenvalue weighted by molar-refractivity contribution is 0.0664. The molecule has 0 saturated carbocycles. The number of rotatable bonds is 5. The number of nitrogens with one attached hydrogen (secondary N) is 1. The number of anilines is 2. The van der Waals surface area contributed by atoms with E-state index < -0.39 is 0 Å². The number of benzene rings is 1. The zero-order valence-corrected chi connectivity index (χ0v) is 18.1. The fraction of sp³-hybridized carbons (Fsp3) is 0.286. The first-order chi connectivity index (χ1) is 14.1. The van der Waals surface area contributed by atoms with Gasteiger partial charge in [-0.25, -0.2) is 9.97 Å². The molecule has 29 heavy (non-hydrogen) atoms. The highest BCUT2D eigenvalue weighted by Gasteiger charge is 2.20. The Morgan fingerprint density at radius 2 is 1.93 bits per heavy atom. The SMILES string of the molecule is Cc1csc(Nc2cc(Sc3cccc(C(=O)N4CCN(C)CC4)c3)ccn2)n1. The summed E-state index contributed by atoms with van der Waals surface area (Å²) < 4.78 is 0. The minimum Gasteiger partial charge on any atom is -0.336 e. The number of aryl methyl sites for hydroxylation is 1. The van der Waals surface area contributed by atoms with Gasteiger partial charge >= 0.3 is 0 Å². The molecule has 1 amide bonds. The van der Waals surface area contributed by atoms with Crippen LogP contribution in [0.3, 0.4) is 0 Å². The van der Waals surface area contributed by atoms with Gasteiger partial charge in [-0.2, -0.15) is 0 Å². The Labute approximate surface area is 179 Å². The van der Waals surface area contributed by atoms with Crippen molar-refractivity contribution in [2.75, 3.05) is 38.5 Å². The van der Waals surface area contributed by atoms with Gasteiger partial charge < -0.3 is 15.1 Å². The van der Waals surface area contributed by atoms with E-state index in [9.17, 15) is 4.79 Å². The molecule has 6 nitrogen and oxygen atoms in total. The highest BCUT2D eigenvalue weighted by Crippen LogP contribution is 2.30. The molecule has 0 unspecified atom stereocenters. The number of likely N-dealkylation sites (N-methyl/N-ethyl adjacent to an activating group) is 1. The maximum Gasteiger partial charge on any atom is 0.253 e. The number of carbonyl (C=O) groups excluding carboxylic acids is 1. The van der Waals surface area contributed by atoms with Gasteiger partial charge in [0.2, 0.25) is 0 Å². The maximum atomic E-state index is 12.8. The van der Waals surface area contributed by atoms with Gasteiger partial charge in [-0.15, -0.1) is 11.3 Å². The Morgan fingerprint density at radius 1 is 1.14 bits per heavy atom. The van der Waals surface area contributed by atoms with Crippen LogP contribution in [0.1, 0.15) is 16.1 Å². The molecule has 0 aliphatic carbocycles. The molecule has 2 aromatic heterocycles. The van der Waals surface area contributed by atoms with Crippen molar-refractivity contribution < 1.29 is 4.79 Å². The Kier molecular flexibility index (Phi) is 6.13. The number of nitrogens with zero attached hydrogens (tertiary/aromatic N) is 4. The average molecular weight is 426 g/mol. The largest absolute Gasteiger partial charge is 0.336 e. The van der Waals surface area contributed by atoms with Crippen molar-refractivity contribution in [1.82, 2.24) is 19.8 Å². The van der Waals surface area contributed by atoms with Crippen LogP contribution in [0.2, 0.25) is 0 Å². The van der Waals surface area contributed by atoms with Gasteiger partial charge in [0.25, 0.3) is 5.91 Å². The van der Waals surface area contributed by atoms with Gasteiger partial charge in [0.05, 0.1) is 5.69 Å². The summed E-state index contributed by atoms with van der Waals surface area (Å²) in [5.74, 6) is 0.866. The molecule has 1 aromatic carbocycles. The molecular formula is C21H23N5OS2. The van der Waals surface area contributed by atoms with Crippen molar-refractivity contribution in [3.05, 3.63) is 59.2 Å². The molecule has 1 N–H and O–H groups in total. The summed E-state index contributed by atoms with van der Waals surface area (Å²) in [4.78, 5) is 27.9. The van der Waals surface area contributed by atoms with Crippen LogP contribution in [0.5, 0.6) is 0 Å². The van der Waals surface area contributed by atoms with E-state index in [1.807, 2.05) is 53.6 Å². The van der Waals surface area contributed by atoms with Crippen molar-refractivity contribution in [3.8, 4) is 0 Å². The van der Waals surface area contributed by atoms with E-state index in [4.69, 9.17) is 0 Å². The topological polar surface area (TPSA) is 61.4 Å². The lowest BCUT2D eigenvalue weighted by Crippen LogP contribution is -2.47. The van der Waals surface area contributed by atoms with Gasteiger partial charge in [-0.1, -0.05) is 17.8 Å². The summed E-state index contributed by atoms with van der Waals surface area (Å²) in [6.45, 7) is 5.37. The lowest BCUT2D eigenvalue weighted by Gasteiger charge is -2.32. The number of aromatic nitrogens is 2. The number of piperazine rings is 1. The second kappa shape index (κ2) is 8.94. The zero-order chi connectivity index (χ0) is 20.2. The molecule has 150 valence electrons. The lowest BCUT2D eigenvalue weighted by atomic mass is 10.2. The number of amides is 1. The van der Waals surface area contributed by atoms with Crippen LogP contribution in [0.15, 0.2) is 57.8 Å². The molecule has 0 radical (unpaired) electrons. The molecular weight excluding hydrogens is 402 g/mol. The fourth-order valence-corrected chi connectivity index (χ4v) is 4.68. The monoisotopic (exact) mass is 425 g/mol. The Bertz CT molecular complexity index is 998. The molecule has 0 spiro atoms. The molecule has 4 rings (SSSR count). The van der Waals surface area contributed by atoms with Crippen LogP contribution in [0.4, 0.5) is 10.9 Å².